The van der Waals surface area contributed by atoms with E-state index >= 15 is 0 Å². The molecule has 1 aliphatic heterocycles. The summed E-state index contributed by atoms with van der Waals surface area (Å²) in [6.45, 7) is 2.08. The van der Waals surface area contributed by atoms with Crippen LogP contribution in [-0.4, -0.2) is 38.6 Å². The van der Waals surface area contributed by atoms with Gasteiger partial charge in [0.15, 0.2) is 5.82 Å². The van der Waals surface area contributed by atoms with Crippen LogP contribution in [-0.2, 0) is 25.0 Å². The van der Waals surface area contributed by atoms with Gasteiger partial charge in [0, 0.05) is 32.3 Å². The van der Waals surface area contributed by atoms with Gasteiger partial charge in [0.25, 0.3) is 11.8 Å². The van der Waals surface area contributed by atoms with Gasteiger partial charge in [0.1, 0.15) is 12.3 Å². The van der Waals surface area contributed by atoms with E-state index in [1.54, 1.807) is 0 Å². The number of hydrogen-bond donors (Lipinski definition) is 0. The van der Waals surface area contributed by atoms with E-state index in [1.807, 2.05) is 65.2 Å². The van der Waals surface area contributed by atoms with Gasteiger partial charge in [-0.25, -0.2) is 0 Å². The van der Waals surface area contributed by atoms with E-state index in [-0.39, 0.29) is 18.4 Å². The topological polar surface area (TPSA) is 73.4 Å². The van der Waals surface area contributed by atoms with Gasteiger partial charge in [0.05, 0.1) is 6.61 Å². The van der Waals surface area contributed by atoms with Gasteiger partial charge in [-0.2, -0.15) is 4.98 Å². The van der Waals surface area contributed by atoms with Crippen LogP contribution in [0.15, 0.2) is 53.2 Å². The largest absolute Gasteiger partial charge is 0.367 e. The third-order valence-electron chi connectivity index (χ3n) is 4.82. The van der Waals surface area contributed by atoms with Crippen molar-refractivity contribution < 1.29 is 14.1 Å². The zero-order valence-electron chi connectivity index (χ0n) is 15.2. The number of nitrogens with zero attached hydrogens (tertiary/aromatic N) is 4. The molecule has 4 rings (SSSR count). The maximum absolute atomic E-state index is 12.6. The highest BCUT2D eigenvalue weighted by Gasteiger charge is 2.31. The second kappa shape index (κ2) is 7.75. The molecule has 0 saturated carbocycles. The summed E-state index contributed by atoms with van der Waals surface area (Å²) in [4.78, 5) is 18.9. The lowest BCUT2D eigenvalue weighted by Crippen LogP contribution is -2.30. The molecular formula is C20H22N4O3. The van der Waals surface area contributed by atoms with Crippen molar-refractivity contribution in [1.82, 2.24) is 19.6 Å². The molecule has 0 spiro atoms. The summed E-state index contributed by atoms with van der Waals surface area (Å²) in [6.07, 6.45) is 2.71. The van der Waals surface area contributed by atoms with Crippen LogP contribution in [0.5, 0.6) is 0 Å². The van der Waals surface area contributed by atoms with Crippen molar-refractivity contribution in [3.8, 4) is 0 Å². The molecule has 1 saturated heterocycles. The van der Waals surface area contributed by atoms with E-state index in [9.17, 15) is 4.79 Å². The number of likely N-dealkylation sites (tertiary alicyclic amines) is 1. The van der Waals surface area contributed by atoms with Crippen molar-refractivity contribution in [1.29, 1.82) is 0 Å². The van der Waals surface area contributed by atoms with Crippen LogP contribution in [0, 0.1) is 0 Å². The van der Waals surface area contributed by atoms with Crippen LogP contribution in [0.25, 0.3) is 0 Å². The highest BCUT2D eigenvalue weighted by Crippen LogP contribution is 2.26. The number of rotatable bonds is 6. The number of aromatic nitrogens is 3. The number of hydrogen-bond acceptors (Lipinski definition) is 5. The lowest BCUT2D eigenvalue weighted by Gasteiger charge is -2.16. The van der Waals surface area contributed by atoms with Crippen molar-refractivity contribution in [2.75, 3.05) is 13.1 Å². The average Bonchev–Trinajstić information content (AvgIpc) is 3.42. The second-order valence-electron chi connectivity index (χ2n) is 6.77. The molecule has 0 N–H and O–H groups in total. The lowest BCUT2D eigenvalue weighted by atomic mass is 10.1. The minimum absolute atomic E-state index is 0.0416. The van der Waals surface area contributed by atoms with Crippen LogP contribution in [0.3, 0.4) is 0 Å². The average molecular weight is 366 g/mol. The van der Waals surface area contributed by atoms with Crippen molar-refractivity contribution in [3.05, 3.63) is 71.6 Å². The monoisotopic (exact) mass is 366 g/mol. The molecule has 140 valence electrons. The van der Waals surface area contributed by atoms with Crippen LogP contribution < -0.4 is 0 Å². The molecule has 7 nitrogen and oxygen atoms in total. The molecule has 7 heteroatoms. The maximum Gasteiger partial charge on any atom is 0.270 e. The fourth-order valence-electron chi connectivity index (χ4n) is 3.32. The number of carbonyl (C=O) groups is 1. The third kappa shape index (κ3) is 3.93. The highest BCUT2D eigenvalue weighted by atomic mass is 16.5. The first-order valence-corrected chi connectivity index (χ1v) is 9.05. The Labute approximate surface area is 157 Å². The van der Waals surface area contributed by atoms with Crippen LogP contribution in [0.4, 0.5) is 0 Å². The molecule has 3 heterocycles. The number of ether oxygens (including phenoxy) is 1. The van der Waals surface area contributed by atoms with Gasteiger partial charge < -0.3 is 18.7 Å². The number of aryl methyl sites for hydroxylation is 1. The zero-order valence-corrected chi connectivity index (χ0v) is 15.2. The minimum atomic E-state index is 0.0416. The highest BCUT2D eigenvalue weighted by molar-refractivity contribution is 5.93. The van der Waals surface area contributed by atoms with Gasteiger partial charge in [-0.3, -0.25) is 4.79 Å². The molecule has 0 radical (unpaired) electrons. The Balaban J connectivity index is 1.31. The second-order valence-corrected chi connectivity index (χ2v) is 6.77. The van der Waals surface area contributed by atoms with Gasteiger partial charge >= 0.3 is 0 Å². The zero-order chi connectivity index (χ0) is 18.6. The normalized spacial score (nSPS) is 16.8. The summed E-state index contributed by atoms with van der Waals surface area (Å²) in [5.74, 6) is 1.25. The van der Waals surface area contributed by atoms with E-state index in [4.69, 9.17) is 9.26 Å². The molecule has 1 amide bonds. The first kappa shape index (κ1) is 17.5. The van der Waals surface area contributed by atoms with Gasteiger partial charge in [0.2, 0.25) is 0 Å². The van der Waals surface area contributed by atoms with E-state index in [0.717, 1.165) is 12.0 Å². The Hall–Kier alpha value is -2.93. The standard InChI is InChI=1S/C20H22N4O3/c1-23-10-5-8-17(23)20(25)24-11-9-16(12-24)19-21-18(27-22-19)14-26-13-15-6-3-2-4-7-15/h2-8,10,16H,9,11-14H2,1H3. The van der Waals surface area contributed by atoms with Crippen molar-refractivity contribution >= 4 is 5.91 Å². The number of carbonyl (C=O) groups excluding carboxylic acids is 1. The SMILES string of the molecule is Cn1cccc1C(=O)N1CCC(c2noc(COCc3ccccc3)n2)C1. The van der Waals surface area contributed by atoms with E-state index in [2.05, 4.69) is 10.1 Å². The molecule has 1 aromatic carbocycles. The molecule has 1 fully saturated rings. The van der Waals surface area contributed by atoms with Crippen molar-refractivity contribution in [3.63, 3.8) is 0 Å². The number of amides is 1. The molecule has 0 bridgehead atoms. The first-order valence-electron chi connectivity index (χ1n) is 9.05. The fourth-order valence-corrected chi connectivity index (χ4v) is 3.32. The first-order chi connectivity index (χ1) is 13.2. The summed E-state index contributed by atoms with van der Waals surface area (Å²) in [7, 11) is 1.88. The van der Waals surface area contributed by atoms with Crippen molar-refractivity contribution in [2.24, 2.45) is 7.05 Å². The molecule has 1 unspecified atom stereocenters. The van der Waals surface area contributed by atoms with E-state index in [1.165, 1.54) is 0 Å². The van der Waals surface area contributed by atoms with E-state index < -0.39 is 0 Å². The van der Waals surface area contributed by atoms with E-state index in [0.29, 0.717) is 37.1 Å². The molecule has 0 aliphatic carbocycles. The predicted molar refractivity (Wildman–Crippen MR) is 97.9 cm³/mol. The van der Waals surface area contributed by atoms with Gasteiger partial charge in [-0.05, 0) is 24.1 Å². The van der Waals surface area contributed by atoms with Crippen molar-refractivity contribution in [2.45, 2.75) is 25.6 Å². The fraction of sp³-hybridized carbons (Fsp3) is 0.350. The molecule has 1 atom stereocenters. The van der Waals surface area contributed by atoms with Gasteiger partial charge in [-0.15, -0.1) is 0 Å². The third-order valence-corrected chi connectivity index (χ3v) is 4.82. The summed E-state index contributed by atoms with van der Waals surface area (Å²) in [6, 6.07) is 13.7. The Morgan fingerprint density at radius 3 is 2.85 bits per heavy atom. The minimum Gasteiger partial charge on any atom is -0.367 e. The summed E-state index contributed by atoms with van der Waals surface area (Å²) in [5.41, 5.74) is 1.79. The van der Waals surface area contributed by atoms with Crippen LogP contribution in [0.1, 0.15) is 40.1 Å². The number of benzene rings is 1. The molecule has 27 heavy (non-hydrogen) atoms. The quantitative estimate of drug-likeness (QED) is 0.671. The Bertz CT molecular complexity index is 903. The lowest BCUT2D eigenvalue weighted by molar-refractivity contribution is 0.0781. The smallest absolute Gasteiger partial charge is 0.270 e. The predicted octanol–water partition coefficient (Wildman–Crippen LogP) is 2.75. The molecular weight excluding hydrogens is 344 g/mol. The Morgan fingerprint density at radius 1 is 1.22 bits per heavy atom. The summed E-state index contributed by atoms with van der Waals surface area (Å²) >= 11 is 0. The summed E-state index contributed by atoms with van der Waals surface area (Å²) in [5, 5.41) is 4.09. The Kier molecular flexibility index (Phi) is 5.02. The maximum atomic E-state index is 12.6. The van der Waals surface area contributed by atoms with Crippen LogP contribution in [0.2, 0.25) is 0 Å². The van der Waals surface area contributed by atoms with Gasteiger partial charge in [-0.1, -0.05) is 35.5 Å². The van der Waals surface area contributed by atoms with Crippen LogP contribution >= 0.6 is 0 Å². The molecule has 2 aromatic heterocycles. The summed E-state index contributed by atoms with van der Waals surface area (Å²) < 4.78 is 12.8. The Morgan fingerprint density at radius 2 is 2.07 bits per heavy atom. The molecule has 1 aliphatic rings. The molecule has 3 aromatic rings.